The summed E-state index contributed by atoms with van der Waals surface area (Å²) in [6.07, 6.45) is 4.70. The van der Waals surface area contributed by atoms with Gasteiger partial charge in [-0.05, 0) is 50.3 Å². The zero-order chi connectivity index (χ0) is 31.6. The number of ketones is 1. The van der Waals surface area contributed by atoms with E-state index in [0.29, 0.717) is 77.2 Å². The number of halogens is 3. The molecule has 5 aliphatic rings. The van der Waals surface area contributed by atoms with Crippen LogP contribution in [0.3, 0.4) is 0 Å². The van der Waals surface area contributed by atoms with Crippen LogP contribution in [-0.4, -0.2) is 105 Å². The van der Waals surface area contributed by atoms with Gasteiger partial charge in [0.25, 0.3) is 0 Å². The van der Waals surface area contributed by atoms with Crippen molar-refractivity contribution in [1.82, 2.24) is 30.0 Å². The maximum atomic E-state index is 16.9. The van der Waals surface area contributed by atoms with Crippen LogP contribution < -0.4 is 9.64 Å². The molecule has 6 bridgehead atoms. The van der Waals surface area contributed by atoms with Gasteiger partial charge in [0, 0.05) is 54.1 Å². The zero-order valence-electron chi connectivity index (χ0n) is 25.1. The predicted octanol–water partition coefficient (Wildman–Crippen LogP) is 4.03. The quantitative estimate of drug-likeness (QED) is 0.334. The number of aliphatic hydroxyl groups is 1. The summed E-state index contributed by atoms with van der Waals surface area (Å²) in [5, 5.41) is 19.5. The van der Waals surface area contributed by atoms with E-state index in [4.69, 9.17) is 26.1 Å². The van der Waals surface area contributed by atoms with Crippen LogP contribution in [0.25, 0.3) is 33.1 Å². The van der Waals surface area contributed by atoms with E-state index >= 15 is 4.39 Å². The molecule has 4 atom stereocenters. The summed E-state index contributed by atoms with van der Waals surface area (Å²) in [6.45, 7) is 2.11. The van der Waals surface area contributed by atoms with Crippen molar-refractivity contribution in [2.24, 2.45) is 5.92 Å². The van der Waals surface area contributed by atoms with Crippen molar-refractivity contribution in [3.8, 4) is 17.3 Å². The average molecular weight is 654 g/mol. The van der Waals surface area contributed by atoms with E-state index < -0.39 is 29.4 Å². The molecule has 0 amide bonds. The molecule has 1 aromatic carbocycles. The first-order valence-corrected chi connectivity index (χ1v) is 16.3. The highest BCUT2D eigenvalue weighted by atomic mass is 35.5. The average Bonchev–Trinajstić information content (AvgIpc) is 3.75. The second-order valence-corrected chi connectivity index (χ2v) is 13.4. The van der Waals surface area contributed by atoms with Gasteiger partial charge in [-0.1, -0.05) is 11.6 Å². The van der Waals surface area contributed by atoms with Crippen LogP contribution in [0.5, 0.6) is 6.01 Å². The molecule has 0 saturated carbocycles. The number of nitrogens with one attached hydrogen (secondary N) is 1. The molecule has 4 aromatic rings. The van der Waals surface area contributed by atoms with Gasteiger partial charge in [0.15, 0.2) is 11.6 Å². The lowest BCUT2D eigenvalue weighted by molar-refractivity contribution is -0.134. The Bertz CT molecular complexity index is 1840. The van der Waals surface area contributed by atoms with E-state index in [0.717, 1.165) is 19.4 Å². The number of nitrogens with zero attached hydrogens (tertiary/aromatic N) is 6. The summed E-state index contributed by atoms with van der Waals surface area (Å²) in [5.74, 6) is -1.04. The number of anilines is 1. The molecule has 5 aliphatic heterocycles. The summed E-state index contributed by atoms with van der Waals surface area (Å²) >= 11 is 6.74. The summed E-state index contributed by atoms with van der Waals surface area (Å²) in [5.41, 5.74) is 1.24. The van der Waals surface area contributed by atoms with Crippen LogP contribution in [-0.2, 0) is 16.0 Å². The van der Waals surface area contributed by atoms with Crippen LogP contribution >= 0.6 is 11.6 Å². The Morgan fingerprint density at radius 1 is 1.20 bits per heavy atom. The van der Waals surface area contributed by atoms with Crippen molar-refractivity contribution >= 4 is 45.0 Å². The number of benzene rings is 1. The topological polar surface area (TPSA) is 130 Å². The second-order valence-electron chi connectivity index (χ2n) is 13.0. The molecule has 3 fully saturated rings. The molecule has 46 heavy (non-hydrogen) atoms. The number of hydrogen-bond acceptors (Lipinski definition) is 10. The van der Waals surface area contributed by atoms with Crippen molar-refractivity contribution in [3.63, 3.8) is 0 Å². The molecule has 11 nitrogen and oxygen atoms in total. The number of aliphatic hydroxyl groups excluding tert-OH is 1. The number of H-pyrrole nitrogens is 1. The van der Waals surface area contributed by atoms with E-state index in [1.54, 1.807) is 18.5 Å². The van der Waals surface area contributed by atoms with E-state index in [9.17, 15) is 14.3 Å². The molecular weight excluding hydrogens is 620 g/mol. The number of alkyl halides is 1. The number of carbonyl (C=O) groups is 1. The van der Waals surface area contributed by atoms with Crippen LogP contribution in [0.2, 0.25) is 5.02 Å². The summed E-state index contributed by atoms with van der Waals surface area (Å²) in [6, 6.07) is 1.70. The lowest BCUT2D eigenvalue weighted by Gasteiger charge is -2.36. The van der Waals surface area contributed by atoms with Crippen LogP contribution in [0, 0.1) is 11.7 Å². The Hall–Kier alpha value is -3.52. The molecule has 0 unspecified atom stereocenters. The van der Waals surface area contributed by atoms with E-state index in [2.05, 4.69) is 25.1 Å². The smallest absolute Gasteiger partial charge is 0.319 e. The number of carbonyl (C=O) groups excluding carboxylic acids is 1. The van der Waals surface area contributed by atoms with Gasteiger partial charge >= 0.3 is 6.01 Å². The molecule has 3 saturated heterocycles. The molecule has 0 aliphatic carbocycles. The lowest BCUT2D eigenvalue weighted by atomic mass is 9.90. The first-order valence-electron chi connectivity index (χ1n) is 15.9. The van der Waals surface area contributed by atoms with E-state index in [1.165, 1.54) is 0 Å². The first kappa shape index (κ1) is 29.9. The molecule has 14 heteroatoms. The second kappa shape index (κ2) is 11.6. The molecule has 2 N–H and O–H groups in total. The Kier molecular flexibility index (Phi) is 7.54. The molecule has 3 aromatic heterocycles. The van der Waals surface area contributed by atoms with Gasteiger partial charge in [-0.15, -0.1) is 0 Å². The minimum atomic E-state index is -1.23. The minimum Gasteiger partial charge on any atom is -0.461 e. The molecule has 8 heterocycles. The van der Waals surface area contributed by atoms with Gasteiger partial charge in [-0.2, -0.15) is 15.1 Å². The van der Waals surface area contributed by atoms with E-state index in [1.807, 2.05) is 4.90 Å². The van der Waals surface area contributed by atoms with Gasteiger partial charge in [0.1, 0.15) is 42.5 Å². The summed E-state index contributed by atoms with van der Waals surface area (Å²) < 4.78 is 43.4. The number of Topliss-reactive ketones (excluding diaryl/α,β-unsaturated/α-hetero) is 1. The highest BCUT2D eigenvalue weighted by Crippen LogP contribution is 2.42. The number of pyridine rings is 1. The fourth-order valence-corrected chi connectivity index (χ4v) is 8.22. The molecular formula is C32H34ClF2N7O4. The fraction of sp³-hybridized carbons (Fsp3) is 0.531. The SMILES string of the molecule is O=C1COCCc2c(Cl)cc3[nH]ncc3c2-c2ncc3c(nc(OC[C@@]45CCCN4C[C@H](F)C5)nc3c2F)N2CCC[C@H](C2)[C@@H]1O. The third kappa shape index (κ3) is 4.99. The van der Waals surface area contributed by atoms with Crippen molar-refractivity contribution in [3.05, 3.63) is 34.9 Å². The maximum Gasteiger partial charge on any atom is 0.319 e. The Labute approximate surface area is 268 Å². The number of aromatic amines is 1. The van der Waals surface area contributed by atoms with Crippen LogP contribution in [0.1, 0.15) is 37.7 Å². The van der Waals surface area contributed by atoms with Crippen molar-refractivity contribution < 1.29 is 28.2 Å². The molecule has 0 radical (unpaired) electrons. The highest BCUT2D eigenvalue weighted by molar-refractivity contribution is 6.33. The number of hydrogen-bond donors (Lipinski definition) is 2. The minimum absolute atomic E-state index is 0.0184. The van der Waals surface area contributed by atoms with Crippen LogP contribution in [0.4, 0.5) is 14.6 Å². The monoisotopic (exact) mass is 653 g/mol. The van der Waals surface area contributed by atoms with Gasteiger partial charge in [0.05, 0.1) is 29.2 Å². The Balaban J connectivity index is 1.30. The van der Waals surface area contributed by atoms with Crippen molar-refractivity contribution in [2.75, 3.05) is 50.9 Å². The largest absolute Gasteiger partial charge is 0.461 e. The Morgan fingerprint density at radius 2 is 2.09 bits per heavy atom. The van der Waals surface area contributed by atoms with Crippen molar-refractivity contribution in [2.45, 2.75) is 56.3 Å². The number of piperidine rings is 1. The normalized spacial score (nSPS) is 27.2. The fourth-order valence-electron chi connectivity index (χ4n) is 7.92. The van der Waals surface area contributed by atoms with Gasteiger partial charge in [-0.25, -0.2) is 8.78 Å². The third-order valence-corrected chi connectivity index (χ3v) is 10.5. The summed E-state index contributed by atoms with van der Waals surface area (Å²) in [7, 11) is 0. The molecule has 9 rings (SSSR count). The van der Waals surface area contributed by atoms with Crippen LogP contribution in [0.15, 0.2) is 18.5 Å². The van der Waals surface area contributed by atoms with Gasteiger partial charge in [-0.3, -0.25) is 19.8 Å². The number of rotatable bonds is 3. The predicted molar refractivity (Wildman–Crippen MR) is 166 cm³/mol. The Morgan fingerprint density at radius 3 is 2.98 bits per heavy atom. The standard InChI is InChI=1S/C32H34ClF2N7O4/c33-22-9-23-20(12-37-40-23)25-19(22)4-8-45-15-24(43)29(44)17-3-1-6-41(13-17)30-21-11-36-28(25)26(35)27(21)38-31(39-30)46-16-32-5-2-7-42(32)14-18(34)10-32/h9,11-12,17-18,29,44H,1-8,10,13-16H2,(H,37,40)/t17-,18-,29+,32+/m1/s1. The number of aromatic nitrogens is 5. The molecule has 0 spiro atoms. The third-order valence-electron chi connectivity index (χ3n) is 10.2. The zero-order valence-corrected chi connectivity index (χ0v) is 25.9. The lowest BCUT2D eigenvalue weighted by Crippen LogP contribution is -2.45. The molecule has 242 valence electrons. The number of fused-ring (bicyclic) bond motifs is 8. The van der Waals surface area contributed by atoms with Gasteiger partial charge in [0.2, 0.25) is 0 Å². The first-order chi connectivity index (χ1) is 22.3. The number of ether oxygens (including phenoxy) is 2. The maximum absolute atomic E-state index is 16.9. The highest BCUT2D eigenvalue weighted by Gasteiger charge is 2.49. The van der Waals surface area contributed by atoms with Crippen molar-refractivity contribution in [1.29, 1.82) is 0 Å². The summed E-state index contributed by atoms with van der Waals surface area (Å²) in [4.78, 5) is 31.1. The van der Waals surface area contributed by atoms with E-state index in [-0.39, 0.29) is 49.4 Å². The van der Waals surface area contributed by atoms with Gasteiger partial charge < -0.3 is 19.5 Å².